The van der Waals surface area contributed by atoms with E-state index in [4.69, 9.17) is 11.6 Å². The van der Waals surface area contributed by atoms with Crippen molar-refractivity contribution in [2.45, 2.75) is 19.4 Å². The van der Waals surface area contributed by atoms with Crippen molar-refractivity contribution in [1.82, 2.24) is 10.3 Å². The van der Waals surface area contributed by atoms with Crippen LogP contribution in [0, 0.1) is 11.6 Å². The summed E-state index contributed by atoms with van der Waals surface area (Å²) in [4.78, 5) is 15.8. The number of benzene rings is 1. The largest absolute Gasteiger partial charge is 0.349 e. The molecule has 0 fully saturated rings. The highest BCUT2D eigenvalue weighted by atomic mass is 35.5. The first-order valence-electron chi connectivity index (χ1n) is 6.32. The van der Waals surface area contributed by atoms with Crippen LogP contribution in [-0.4, -0.2) is 16.9 Å². The third kappa shape index (κ3) is 3.76. The van der Waals surface area contributed by atoms with Crippen molar-refractivity contribution in [2.24, 2.45) is 0 Å². The highest BCUT2D eigenvalue weighted by Gasteiger charge is 2.16. The van der Waals surface area contributed by atoms with Gasteiger partial charge in [0.2, 0.25) is 0 Å². The average Bonchev–Trinajstić information content (AvgIpc) is 2.43. The van der Waals surface area contributed by atoms with E-state index in [1.807, 2.05) is 0 Å². The van der Waals surface area contributed by atoms with Crippen molar-refractivity contribution in [1.29, 1.82) is 0 Å². The van der Waals surface area contributed by atoms with Crippen molar-refractivity contribution in [3.63, 3.8) is 0 Å². The summed E-state index contributed by atoms with van der Waals surface area (Å²) in [5, 5.41) is 2.88. The Morgan fingerprint density at radius 1 is 1.33 bits per heavy atom. The lowest BCUT2D eigenvalue weighted by Crippen LogP contribution is -2.34. The Hall–Kier alpha value is -2.01. The zero-order valence-electron chi connectivity index (χ0n) is 11.2. The maximum atomic E-state index is 13.6. The van der Waals surface area contributed by atoms with E-state index in [9.17, 15) is 13.6 Å². The maximum absolute atomic E-state index is 13.6. The van der Waals surface area contributed by atoms with Crippen molar-refractivity contribution in [2.75, 3.05) is 0 Å². The average molecular weight is 311 g/mol. The van der Waals surface area contributed by atoms with Gasteiger partial charge in [0.1, 0.15) is 11.6 Å². The molecular weight excluding hydrogens is 298 g/mol. The van der Waals surface area contributed by atoms with Gasteiger partial charge in [-0.3, -0.25) is 9.78 Å². The van der Waals surface area contributed by atoms with Crippen molar-refractivity contribution in [3.8, 4) is 0 Å². The number of halogens is 3. The molecule has 1 N–H and O–H groups in total. The molecule has 0 saturated carbocycles. The van der Waals surface area contributed by atoms with Gasteiger partial charge < -0.3 is 5.32 Å². The molecule has 2 rings (SSSR count). The van der Waals surface area contributed by atoms with Gasteiger partial charge in [-0.05, 0) is 31.5 Å². The number of amides is 1. The molecule has 3 nitrogen and oxygen atoms in total. The van der Waals surface area contributed by atoms with Crippen molar-refractivity contribution < 1.29 is 13.6 Å². The summed E-state index contributed by atoms with van der Waals surface area (Å²) in [6.07, 6.45) is 2.85. The maximum Gasteiger partial charge on any atom is 0.253 e. The quantitative estimate of drug-likeness (QED) is 0.940. The zero-order chi connectivity index (χ0) is 15.4. The molecule has 110 valence electrons. The molecule has 0 aliphatic heterocycles. The molecule has 0 saturated heterocycles. The van der Waals surface area contributed by atoms with E-state index in [1.54, 1.807) is 6.92 Å². The number of carbonyl (C=O) groups is 1. The van der Waals surface area contributed by atoms with Crippen LogP contribution in [0.4, 0.5) is 8.78 Å². The lowest BCUT2D eigenvalue weighted by atomic mass is 10.1. The second kappa shape index (κ2) is 6.63. The lowest BCUT2D eigenvalue weighted by Gasteiger charge is -2.15. The van der Waals surface area contributed by atoms with E-state index < -0.39 is 23.6 Å². The molecular formula is C15H13ClF2N2O. The van der Waals surface area contributed by atoms with E-state index in [1.165, 1.54) is 36.7 Å². The summed E-state index contributed by atoms with van der Waals surface area (Å²) in [6.45, 7) is 1.67. The van der Waals surface area contributed by atoms with E-state index in [2.05, 4.69) is 10.3 Å². The van der Waals surface area contributed by atoms with Crippen molar-refractivity contribution in [3.05, 3.63) is 64.4 Å². The molecule has 2 aromatic rings. The smallest absolute Gasteiger partial charge is 0.253 e. The summed E-state index contributed by atoms with van der Waals surface area (Å²) >= 11 is 5.87. The number of pyridine rings is 1. The monoisotopic (exact) mass is 310 g/mol. The molecule has 6 heteroatoms. The molecule has 1 aromatic carbocycles. The highest BCUT2D eigenvalue weighted by Crippen LogP contribution is 2.16. The van der Waals surface area contributed by atoms with Gasteiger partial charge in [-0.25, -0.2) is 8.78 Å². The lowest BCUT2D eigenvalue weighted by molar-refractivity contribution is 0.0939. The van der Waals surface area contributed by atoms with Gasteiger partial charge in [0.25, 0.3) is 5.91 Å². The van der Waals surface area contributed by atoms with Gasteiger partial charge in [-0.1, -0.05) is 17.7 Å². The minimum atomic E-state index is -0.627. The van der Waals surface area contributed by atoms with Crippen LogP contribution in [0.1, 0.15) is 22.8 Å². The normalized spacial score (nSPS) is 12.0. The number of aromatic nitrogens is 1. The molecule has 0 aliphatic rings. The number of hydrogen-bond acceptors (Lipinski definition) is 2. The second-order valence-corrected chi connectivity index (χ2v) is 5.04. The van der Waals surface area contributed by atoms with E-state index in [-0.39, 0.29) is 22.6 Å². The molecule has 0 radical (unpaired) electrons. The fourth-order valence-corrected chi connectivity index (χ4v) is 2.15. The Kier molecular flexibility index (Phi) is 4.85. The summed E-state index contributed by atoms with van der Waals surface area (Å²) in [5.41, 5.74) is 0.221. The van der Waals surface area contributed by atoms with Gasteiger partial charge >= 0.3 is 0 Å². The summed E-state index contributed by atoms with van der Waals surface area (Å²) in [5.74, 6) is -1.66. The first kappa shape index (κ1) is 15.4. The standard InChI is InChI=1S/C15H13ClF2N2O/c1-9(7-11-13(17)3-2-4-14(11)18)20-15(21)10-5-6-19-8-12(10)16/h2-6,8-9H,7H2,1H3,(H,20,21). The summed E-state index contributed by atoms with van der Waals surface area (Å²) < 4.78 is 27.1. The second-order valence-electron chi connectivity index (χ2n) is 4.63. The Morgan fingerprint density at radius 3 is 2.62 bits per heavy atom. The summed E-state index contributed by atoms with van der Waals surface area (Å²) in [7, 11) is 0. The molecule has 1 aromatic heterocycles. The first-order valence-corrected chi connectivity index (χ1v) is 6.70. The topological polar surface area (TPSA) is 42.0 Å². The van der Waals surface area contributed by atoms with Gasteiger partial charge in [-0.15, -0.1) is 0 Å². The molecule has 0 bridgehead atoms. The Morgan fingerprint density at radius 2 is 2.00 bits per heavy atom. The molecule has 0 aliphatic carbocycles. The van der Waals surface area contributed by atoms with Gasteiger partial charge in [-0.2, -0.15) is 0 Å². The predicted octanol–water partition coefficient (Wildman–Crippen LogP) is 3.37. The number of carbonyl (C=O) groups excluding carboxylic acids is 1. The first-order chi connectivity index (χ1) is 9.99. The van der Waals surface area contributed by atoms with Crippen molar-refractivity contribution >= 4 is 17.5 Å². The Balaban J connectivity index is 2.07. The van der Waals surface area contributed by atoms with Crippen LogP contribution in [0.3, 0.4) is 0 Å². The molecule has 1 atom stereocenters. The zero-order valence-corrected chi connectivity index (χ0v) is 12.0. The fraction of sp³-hybridized carbons (Fsp3) is 0.200. The van der Waals surface area contributed by atoms with Crippen LogP contribution in [-0.2, 0) is 6.42 Å². The van der Waals surface area contributed by atoms with Crippen LogP contribution in [0.5, 0.6) is 0 Å². The molecule has 1 amide bonds. The fourth-order valence-electron chi connectivity index (χ4n) is 1.95. The number of rotatable bonds is 4. The molecule has 1 heterocycles. The van der Waals surface area contributed by atoms with Crippen LogP contribution in [0.25, 0.3) is 0 Å². The van der Waals surface area contributed by atoms with E-state index >= 15 is 0 Å². The minimum Gasteiger partial charge on any atom is -0.349 e. The van der Waals surface area contributed by atoms with Gasteiger partial charge in [0, 0.05) is 24.0 Å². The molecule has 21 heavy (non-hydrogen) atoms. The van der Waals surface area contributed by atoms with E-state index in [0.717, 1.165) is 0 Å². The third-order valence-corrected chi connectivity index (χ3v) is 3.27. The predicted molar refractivity (Wildman–Crippen MR) is 76.2 cm³/mol. The van der Waals surface area contributed by atoms with E-state index in [0.29, 0.717) is 0 Å². The van der Waals surface area contributed by atoms with Gasteiger partial charge in [0.15, 0.2) is 0 Å². The minimum absolute atomic E-state index is 0.0486. The van der Waals surface area contributed by atoms with Gasteiger partial charge in [0.05, 0.1) is 10.6 Å². The van der Waals surface area contributed by atoms with Crippen LogP contribution in [0.15, 0.2) is 36.7 Å². The number of nitrogens with zero attached hydrogens (tertiary/aromatic N) is 1. The molecule has 1 unspecified atom stereocenters. The number of nitrogens with one attached hydrogen (secondary N) is 1. The van der Waals surface area contributed by atoms with Crippen LogP contribution in [0.2, 0.25) is 5.02 Å². The molecule has 0 spiro atoms. The van der Waals surface area contributed by atoms with Crippen LogP contribution >= 0.6 is 11.6 Å². The highest BCUT2D eigenvalue weighted by molar-refractivity contribution is 6.33. The Labute approximate surface area is 126 Å². The third-order valence-electron chi connectivity index (χ3n) is 2.97. The SMILES string of the molecule is CC(Cc1c(F)cccc1F)NC(=O)c1ccncc1Cl. The number of hydrogen-bond donors (Lipinski definition) is 1. The Bertz CT molecular complexity index is 644. The summed E-state index contributed by atoms with van der Waals surface area (Å²) in [6, 6.07) is 4.70. The van der Waals surface area contributed by atoms with Crippen LogP contribution < -0.4 is 5.32 Å².